The van der Waals surface area contributed by atoms with Crippen molar-refractivity contribution in [2.24, 2.45) is 0 Å². The minimum atomic E-state index is -0.155. The molecule has 6 heteroatoms. The molecule has 0 aliphatic heterocycles. The van der Waals surface area contributed by atoms with Gasteiger partial charge in [0.25, 0.3) is 5.56 Å². The molecule has 2 aromatic heterocycles. The van der Waals surface area contributed by atoms with Gasteiger partial charge in [0.15, 0.2) is 5.82 Å². The molecule has 0 spiro atoms. The second kappa shape index (κ2) is 4.24. The number of benzene rings is 1. The van der Waals surface area contributed by atoms with Gasteiger partial charge in [0.1, 0.15) is 5.82 Å². The lowest BCUT2D eigenvalue weighted by Gasteiger charge is -2.08. The predicted molar refractivity (Wildman–Crippen MR) is 70.8 cm³/mol. The van der Waals surface area contributed by atoms with Crippen LogP contribution in [0.1, 0.15) is 11.7 Å². The number of nitrogens with two attached hydrogens (primary N) is 1. The Morgan fingerprint density at radius 3 is 2.89 bits per heavy atom. The van der Waals surface area contributed by atoms with Crippen LogP contribution in [0, 0.1) is 6.92 Å². The Labute approximate surface area is 108 Å². The summed E-state index contributed by atoms with van der Waals surface area (Å²) in [5, 5.41) is 5.22. The first-order chi connectivity index (χ1) is 9.15. The van der Waals surface area contributed by atoms with Crippen LogP contribution in [0.15, 0.2) is 39.6 Å². The van der Waals surface area contributed by atoms with E-state index in [1.807, 2.05) is 18.2 Å². The molecule has 0 saturated heterocycles. The van der Waals surface area contributed by atoms with E-state index >= 15 is 0 Å². The molecule has 19 heavy (non-hydrogen) atoms. The molecule has 2 N–H and O–H groups in total. The van der Waals surface area contributed by atoms with Crippen molar-refractivity contribution in [3.05, 3.63) is 52.4 Å². The van der Waals surface area contributed by atoms with Gasteiger partial charge in [-0.1, -0.05) is 23.4 Å². The topological polar surface area (TPSA) is 86.9 Å². The minimum absolute atomic E-state index is 0.155. The van der Waals surface area contributed by atoms with E-state index in [9.17, 15) is 4.79 Å². The monoisotopic (exact) mass is 256 g/mol. The summed E-state index contributed by atoms with van der Waals surface area (Å²) in [5.41, 5.74) is 5.76. The third-order valence-corrected chi connectivity index (χ3v) is 2.92. The SMILES string of the molecule is Cc1nc(Cn2c(N)cc3ccccc3c2=O)no1. The lowest BCUT2D eigenvalue weighted by Crippen LogP contribution is -2.24. The van der Waals surface area contributed by atoms with Gasteiger partial charge in [-0.05, 0) is 17.5 Å². The standard InChI is InChI=1S/C13H12N4O2/c1-8-15-12(16-19-8)7-17-11(14)6-9-4-2-3-5-10(9)13(17)18/h2-6H,7,14H2,1H3. The molecule has 0 atom stereocenters. The second-order valence-corrected chi connectivity index (χ2v) is 4.28. The van der Waals surface area contributed by atoms with Crippen LogP contribution in [0.3, 0.4) is 0 Å². The summed E-state index contributed by atoms with van der Waals surface area (Å²) in [4.78, 5) is 16.4. The van der Waals surface area contributed by atoms with Crippen molar-refractivity contribution in [1.82, 2.24) is 14.7 Å². The van der Waals surface area contributed by atoms with Gasteiger partial charge in [-0.3, -0.25) is 9.36 Å². The fourth-order valence-electron chi connectivity index (χ4n) is 2.03. The summed E-state index contributed by atoms with van der Waals surface area (Å²) in [6.45, 7) is 1.90. The van der Waals surface area contributed by atoms with Crippen LogP contribution in [-0.2, 0) is 6.54 Å². The van der Waals surface area contributed by atoms with E-state index in [-0.39, 0.29) is 12.1 Å². The highest BCUT2D eigenvalue weighted by Gasteiger charge is 2.10. The Morgan fingerprint density at radius 2 is 2.16 bits per heavy atom. The maximum Gasteiger partial charge on any atom is 0.260 e. The summed E-state index contributed by atoms with van der Waals surface area (Å²) in [6.07, 6.45) is 0. The number of aromatic nitrogens is 3. The average molecular weight is 256 g/mol. The van der Waals surface area contributed by atoms with Gasteiger partial charge in [-0.15, -0.1) is 0 Å². The van der Waals surface area contributed by atoms with E-state index in [2.05, 4.69) is 10.1 Å². The van der Waals surface area contributed by atoms with Crippen molar-refractivity contribution >= 4 is 16.6 Å². The number of hydrogen-bond acceptors (Lipinski definition) is 5. The Bertz CT molecular complexity index is 804. The van der Waals surface area contributed by atoms with Crippen molar-refractivity contribution in [3.8, 4) is 0 Å². The van der Waals surface area contributed by atoms with Gasteiger partial charge >= 0.3 is 0 Å². The largest absolute Gasteiger partial charge is 0.385 e. The van der Waals surface area contributed by atoms with Crippen molar-refractivity contribution in [3.63, 3.8) is 0 Å². The summed E-state index contributed by atoms with van der Waals surface area (Å²) in [6, 6.07) is 9.09. The molecular formula is C13H12N4O2. The number of nitrogen functional groups attached to an aromatic ring is 1. The first-order valence-corrected chi connectivity index (χ1v) is 5.82. The summed E-state index contributed by atoms with van der Waals surface area (Å²) in [7, 11) is 0. The molecule has 3 aromatic rings. The minimum Gasteiger partial charge on any atom is -0.385 e. The van der Waals surface area contributed by atoms with E-state index in [4.69, 9.17) is 10.3 Å². The molecule has 0 amide bonds. The van der Waals surface area contributed by atoms with Gasteiger partial charge in [0.05, 0.1) is 6.54 Å². The summed E-state index contributed by atoms with van der Waals surface area (Å²) >= 11 is 0. The third-order valence-electron chi connectivity index (χ3n) is 2.92. The Kier molecular flexibility index (Phi) is 2.56. The molecule has 0 unspecified atom stereocenters. The quantitative estimate of drug-likeness (QED) is 0.747. The van der Waals surface area contributed by atoms with Crippen LogP contribution < -0.4 is 11.3 Å². The highest BCUT2D eigenvalue weighted by atomic mass is 16.5. The molecule has 0 saturated carbocycles. The van der Waals surface area contributed by atoms with Crippen LogP contribution in [0.5, 0.6) is 0 Å². The molecule has 3 rings (SSSR count). The smallest absolute Gasteiger partial charge is 0.260 e. The van der Waals surface area contributed by atoms with Crippen molar-refractivity contribution < 1.29 is 4.52 Å². The lowest BCUT2D eigenvalue weighted by molar-refractivity contribution is 0.386. The Morgan fingerprint density at radius 1 is 1.37 bits per heavy atom. The van der Waals surface area contributed by atoms with Gasteiger partial charge in [-0.25, -0.2) is 0 Å². The fraction of sp³-hybridized carbons (Fsp3) is 0.154. The number of fused-ring (bicyclic) bond motifs is 1. The van der Waals surface area contributed by atoms with Gasteiger partial charge in [0, 0.05) is 12.3 Å². The highest BCUT2D eigenvalue weighted by Crippen LogP contribution is 2.13. The zero-order chi connectivity index (χ0) is 13.4. The molecule has 0 radical (unpaired) electrons. The van der Waals surface area contributed by atoms with Gasteiger partial charge < -0.3 is 10.3 Å². The molecule has 0 fully saturated rings. The highest BCUT2D eigenvalue weighted by molar-refractivity contribution is 5.83. The van der Waals surface area contributed by atoms with E-state index in [1.54, 1.807) is 19.1 Å². The van der Waals surface area contributed by atoms with Crippen LogP contribution in [0.4, 0.5) is 5.82 Å². The first-order valence-electron chi connectivity index (χ1n) is 5.82. The van der Waals surface area contributed by atoms with Crippen molar-refractivity contribution in [1.29, 1.82) is 0 Å². The first kappa shape index (κ1) is 11.5. The molecular weight excluding hydrogens is 244 g/mol. The maximum absolute atomic E-state index is 12.4. The maximum atomic E-state index is 12.4. The molecule has 0 bridgehead atoms. The summed E-state index contributed by atoms with van der Waals surface area (Å²) in [5.74, 6) is 1.27. The van der Waals surface area contributed by atoms with E-state index in [0.29, 0.717) is 22.9 Å². The van der Waals surface area contributed by atoms with Crippen LogP contribution in [-0.4, -0.2) is 14.7 Å². The molecule has 0 aliphatic rings. The second-order valence-electron chi connectivity index (χ2n) is 4.28. The van der Waals surface area contributed by atoms with Crippen LogP contribution >= 0.6 is 0 Å². The zero-order valence-corrected chi connectivity index (χ0v) is 10.3. The average Bonchev–Trinajstić information content (AvgIpc) is 2.80. The van der Waals surface area contributed by atoms with Crippen molar-refractivity contribution in [2.75, 3.05) is 5.73 Å². The van der Waals surface area contributed by atoms with Crippen LogP contribution in [0.2, 0.25) is 0 Å². The molecule has 1 aromatic carbocycles. The molecule has 0 aliphatic carbocycles. The van der Waals surface area contributed by atoms with Gasteiger partial charge in [0.2, 0.25) is 5.89 Å². The van der Waals surface area contributed by atoms with E-state index in [1.165, 1.54) is 4.57 Å². The number of anilines is 1. The lowest BCUT2D eigenvalue weighted by atomic mass is 10.1. The molecule has 2 heterocycles. The normalized spacial score (nSPS) is 11.0. The Balaban J connectivity index is 2.15. The van der Waals surface area contributed by atoms with Crippen molar-refractivity contribution in [2.45, 2.75) is 13.5 Å². The predicted octanol–water partition coefficient (Wildman–Crippen LogP) is 1.32. The third kappa shape index (κ3) is 1.97. The number of rotatable bonds is 2. The fourth-order valence-corrected chi connectivity index (χ4v) is 2.03. The number of hydrogen-bond donors (Lipinski definition) is 1. The van der Waals surface area contributed by atoms with E-state index in [0.717, 1.165) is 5.39 Å². The number of nitrogens with zero attached hydrogens (tertiary/aromatic N) is 3. The van der Waals surface area contributed by atoms with E-state index < -0.39 is 0 Å². The van der Waals surface area contributed by atoms with Gasteiger partial charge in [-0.2, -0.15) is 4.98 Å². The number of aryl methyl sites for hydroxylation is 1. The number of pyridine rings is 1. The molecule has 96 valence electrons. The Hall–Kier alpha value is -2.63. The summed E-state index contributed by atoms with van der Waals surface area (Å²) < 4.78 is 6.32. The molecule has 6 nitrogen and oxygen atoms in total. The zero-order valence-electron chi connectivity index (χ0n) is 10.3. The van der Waals surface area contributed by atoms with Crippen LogP contribution in [0.25, 0.3) is 10.8 Å².